The van der Waals surface area contributed by atoms with Crippen LogP contribution in [-0.2, 0) is 26.0 Å². The molecule has 3 aromatic rings. The Kier molecular flexibility index (Phi) is 9.15. The quantitative estimate of drug-likeness (QED) is 0.276. The number of thioether (sulfide) groups is 1. The molecular weight excluding hydrogens is 530 g/mol. The number of hydrogen-bond acceptors (Lipinski definition) is 9. The van der Waals surface area contributed by atoms with E-state index in [4.69, 9.17) is 9.47 Å². The van der Waals surface area contributed by atoms with Gasteiger partial charge in [0, 0.05) is 44.2 Å². The number of methoxy groups -OCH3 is 1. The van der Waals surface area contributed by atoms with E-state index < -0.39 is 10.0 Å². The highest BCUT2D eigenvalue weighted by Gasteiger charge is 2.26. The molecule has 202 valence electrons. The highest BCUT2D eigenvalue weighted by molar-refractivity contribution is 7.99. The zero-order valence-electron chi connectivity index (χ0n) is 21.1. The van der Waals surface area contributed by atoms with E-state index in [1.807, 2.05) is 28.8 Å². The predicted molar refractivity (Wildman–Crippen MR) is 141 cm³/mol. The lowest BCUT2D eigenvalue weighted by Gasteiger charge is -2.26. The van der Waals surface area contributed by atoms with Crippen LogP contribution in [0.25, 0.3) is 5.69 Å². The maximum atomic E-state index is 12.9. The van der Waals surface area contributed by atoms with E-state index >= 15 is 0 Å². The van der Waals surface area contributed by atoms with Crippen molar-refractivity contribution in [2.75, 3.05) is 45.7 Å². The van der Waals surface area contributed by atoms with Crippen molar-refractivity contribution in [2.24, 2.45) is 0 Å². The van der Waals surface area contributed by atoms with Gasteiger partial charge in [-0.25, -0.2) is 8.42 Å². The van der Waals surface area contributed by atoms with Crippen LogP contribution in [0.15, 0.2) is 58.6 Å². The Bertz CT molecular complexity index is 1370. The Balaban J connectivity index is 1.48. The van der Waals surface area contributed by atoms with Crippen molar-refractivity contribution in [3.05, 3.63) is 59.9 Å². The van der Waals surface area contributed by atoms with Gasteiger partial charge >= 0.3 is 0 Å². The van der Waals surface area contributed by atoms with Crippen LogP contribution in [0.1, 0.15) is 23.1 Å². The maximum absolute atomic E-state index is 12.9. The topological polar surface area (TPSA) is 133 Å². The van der Waals surface area contributed by atoms with Crippen LogP contribution >= 0.6 is 11.8 Å². The summed E-state index contributed by atoms with van der Waals surface area (Å²) >= 11 is 1.23. The number of hydrogen-bond donors (Lipinski definition) is 1. The first kappa shape index (κ1) is 27.8. The average molecular weight is 560 g/mol. The summed E-state index contributed by atoms with van der Waals surface area (Å²) in [6, 6.07) is 13.4. The van der Waals surface area contributed by atoms with Gasteiger partial charge in [-0.2, -0.15) is 4.31 Å². The third kappa shape index (κ3) is 6.59. The molecule has 0 bridgehead atoms. The van der Waals surface area contributed by atoms with Gasteiger partial charge in [-0.1, -0.05) is 23.9 Å². The van der Waals surface area contributed by atoms with E-state index in [2.05, 4.69) is 15.5 Å². The molecular formula is C25H29N5O6S2. The number of carbonyl (C=O) groups is 2. The van der Waals surface area contributed by atoms with Crippen molar-refractivity contribution in [2.45, 2.75) is 23.4 Å². The number of nitrogens with one attached hydrogen (secondary N) is 1. The number of Topliss-reactive ketones (excluding diaryl/α,β-unsaturated/α-hetero) is 1. The lowest BCUT2D eigenvalue weighted by atomic mass is 10.1. The first-order valence-corrected chi connectivity index (χ1v) is 14.4. The third-order valence-electron chi connectivity index (χ3n) is 5.87. The Labute approximate surface area is 225 Å². The highest BCUT2D eigenvalue weighted by atomic mass is 32.2. The molecule has 1 aromatic heterocycles. The fraction of sp³-hybridized carbons (Fsp3) is 0.360. The molecule has 13 heteroatoms. The fourth-order valence-electron chi connectivity index (χ4n) is 3.86. The second kappa shape index (κ2) is 12.5. The summed E-state index contributed by atoms with van der Waals surface area (Å²) in [7, 11) is -2.04. The Morgan fingerprint density at radius 1 is 1.05 bits per heavy atom. The molecule has 0 atom stereocenters. The molecule has 1 amide bonds. The number of carbonyl (C=O) groups excluding carboxylic acids is 2. The molecule has 38 heavy (non-hydrogen) atoms. The molecule has 0 unspecified atom stereocenters. The van der Waals surface area contributed by atoms with Gasteiger partial charge in [0.1, 0.15) is 11.6 Å². The molecule has 1 aliphatic heterocycles. The van der Waals surface area contributed by atoms with E-state index in [-0.39, 0.29) is 22.3 Å². The number of ketones is 1. The van der Waals surface area contributed by atoms with Crippen LogP contribution in [0.4, 0.5) is 0 Å². The van der Waals surface area contributed by atoms with Crippen molar-refractivity contribution in [1.82, 2.24) is 24.4 Å². The molecule has 2 heterocycles. The van der Waals surface area contributed by atoms with Crippen LogP contribution in [0.2, 0.25) is 0 Å². The maximum Gasteiger partial charge on any atom is 0.243 e. The molecule has 1 fully saturated rings. The molecule has 4 rings (SSSR count). The first-order valence-electron chi connectivity index (χ1n) is 12.0. The second-order valence-corrected chi connectivity index (χ2v) is 11.3. The van der Waals surface area contributed by atoms with Gasteiger partial charge in [0.05, 0.1) is 31.0 Å². The van der Waals surface area contributed by atoms with E-state index in [1.54, 1.807) is 7.11 Å². The molecule has 1 saturated heterocycles. The zero-order chi connectivity index (χ0) is 27.1. The van der Waals surface area contributed by atoms with Crippen molar-refractivity contribution in [3.63, 3.8) is 0 Å². The predicted octanol–water partition coefficient (Wildman–Crippen LogP) is 1.95. The SMILES string of the molecule is COc1ccc(-n2c(CCNC(C)=O)nnc2SCC(=O)c2ccc(S(=O)(=O)N3CCOCC3)cc2)cc1. The van der Waals surface area contributed by atoms with Crippen LogP contribution in [0.5, 0.6) is 5.75 Å². The highest BCUT2D eigenvalue weighted by Crippen LogP contribution is 2.25. The summed E-state index contributed by atoms with van der Waals surface area (Å²) in [6.07, 6.45) is 0.451. The molecule has 0 radical (unpaired) electrons. The van der Waals surface area contributed by atoms with Gasteiger partial charge in [-0.05, 0) is 36.4 Å². The fourth-order valence-corrected chi connectivity index (χ4v) is 6.13. The van der Waals surface area contributed by atoms with E-state index in [0.29, 0.717) is 61.6 Å². The van der Waals surface area contributed by atoms with Gasteiger partial charge < -0.3 is 14.8 Å². The summed E-state index contributed by atoms with van der Waals surface area (Å²) in [5.74, 6) is 1.11. The number of nitrogens with zero attached hydrogens (tertiary/aromatic N) is 4. The summed E-state index contributed by atoms with van der Waals surface area (Å²) < 4.78 is 39.4. The third-order valence-corrected chi connectivity index (χ3v) is 8.71. The standard InChI is InChI=1S/C25H29N5O6S2/c1-18(31)26-12-11-24-27-28-25(30(24)20-5-7-21(35-2)8-6-20)37-17-23(32)19-3-9-22(10-4-19)38(33,34)29-13-15-36-16-14-29/h3-10H,11-17H2,1-2H3,(H,26,31). The molecule has 2 aromatic carbocycles. The van der Waals surface area contributed by atoms with Crippen molar-refractivity contribution < 1.29 is 27.5 Å². The van der Waals surface area contributed by atoms with Crippen molar-refractivity contribution >= 4 is 33.5 Å². The van der Waals surface area contributed by atoms with Gasteiger partial charge in [0.2, 0.25) is 15.9 Å². The Morgan fingerprint density at radius 3 is 2.37 bits per heavy atom. The van der Waals surface area contributed by atoms with Gasteiger partial charge in [0.15, 0.2) is 10.9 Å². The average Bonchev–Trinajstić information content (AvgIpc) is 3.34. The minimum Gasteiger partial charge on any atom is -0.497 e. The number of aromatic nitrogens is 3. The number of morpholine rings is 1. The summed E-state index contributed by atoms with van der Waals surface area (Å²) in [5.41, 5.74) is 1.20. The van der Waals surface area contributed by atoms with E-state index in [0.717, 1.165) is 5.69 Å². The summed E-state index contributed by atoms with van der Waals surface area (Å²) in [5, 5.41) is 11.8. The minimum absolute atomic E-state index is 0.0789. The van der Waals surface area contributed by atoms with Crippen molar-refractivity contribution in [1.29, 1.82) is 0 Å². The Morgan fingerprint density at radius 2 is 1.74 bits per heavy atom. The lowest BCUT2D eigenvalue weighted by molar-refractivity contribution is -0.118. The summed E-state index contributed by atoms with van der Waals surface area (Å²) in [6.45, 7) is 3.19. The van der Waals surface area contributed by atoms with Crippen LogP contribution < -0.4 is 10.1 Å². The first-order chi connectivity index (χ1) is 18.3. The van der Waals surface area contributed by atoms with E-state index in [1.165, 1.54) is 47.3 Å². The molecule has 0 spiro atoms. The summed E-state index contributed by atoms with van der Waals surface area (Å²) in [4.78, 5) is 24.4. The van der Waals surface area contributed by atoms with Gasteiger partial charge in [0.25, 0.3) is 0 Å². The smallest absolute Gasteiger partial charge is 0.243 e. The zero-order valence-corrected chi connectivity index (χ0v) is 22.8. The molecule has 11 nitrogen and oxygen atoms in total. The number of benzene rings is 2. The number of amides is 1. The second-order valence-electron chi connectivity index (χ2n) is 8.42. The normalized spacial score (nSPS) is 14.3. The lowest BCUT2D eigenvalue weighted by Crippen LogP contribution is -2.40. The van der Waals surface area contributed by atoms with Crippen LogP contribution in [0.3, 0.4) is 0 Å². The molecule has 1 N–H and O–H groups in total. The van der Waals surface area contributed by atoms with Gasteiger partial charge in [-0.15, -0.1) is 10.2 Å². The van der Waals surface area contributed by atoms with Crippen LogP contribution in [-0.4, -0.2) is 84.9 Å². The van der Waals surface area contributed by atoms with Crippen molar-refractivity contribution in [3.8, 4) is 11.4 Å². The van der Waals surface area contributed by atoms with Gasteiger partial charge in [-0.3, -0.25) is 14.2 Å². The number of ether oxygens (including phenoxy) is 2. The molecule has 1 aliphatic rings. The number of rotatable bonds is 11. The molecule has 0 saturated carbocycles. The minimum atomic E-state index is -3.63. The number of sulfonamides is 1. The molecule has 0 aliphatic carbocycles. The Hall–Kier alpha value is -3.26. The van der Waals surface area contributed by atoms with E-state index in [9.17, 15) is 18.0 Å². The van der Waals surface area contributed by atoms with Crippen LogP contribution in [0, 0.1) is 0 Å². The monoisotopic (exact) mass is 559 g/mol. The largest absolute Gasteiger partial charge is 0.497 e.